The van der Waals surface area contributed by atoms with E-state index in [0.717, 1.165) is 18.6 Å². The Labute approximate surface area is 248 Å². The van der Waals surface area contributed by atoms with Gasteiger partial charge >= 0.3 is 12.3 Å². The lowest BCUT2D eigenvalue weighted by Gasteiger charge is -2.48. The number of thioether (sulfide) groups is 1. The van der Waals surface area contributed by atoms with Crippen LogP contribution in [0.2, 0.25) is 5.02 Å². The van der Waals surface area contributed by atoms with Gasteiger partial charge in [0.1, 0.15) is 34.1 Å². The Morgan fingerprint density at radius 3 is 2.57 bits per heavy atom. The number of alkyl halides is 3. The van der Waals surface area contributed by atoms with E-state index in [-0.39, 0.29) is 34.0 Å². The Kier molecular flexibility index (Phi) is 6.91. The third kappa shape index (κ3) is 4.68. The molecule has 0 radical (unpaired) electrons. The maximum Gasteiger partial charge on any atom is 0.418 e. The van der Waals surface area contributed by atoms with E-state index >= 15 is 4.39 Å². The van der Waals surface area contributed by atoms with E-state index in [2.05, 4.69) is 9.97 Å². The van der Waals surface area contributed by atoms with Crippen molar-refractivity contribution in [1.82, 2.24) is 19.9 Å². The van der Waals surface area contributed by atoms with Gasteiger partial charge in [0.05, 0.1) is 28.7 Å². The van der Waals surface area contributed by atoms with Crippen LogP contribution in [-0.2, 0) is 10.9 Å². The molecule has 0 saturated carbocycles. The monoisotopic (exact) mass is 625 g/mol. The fourth-order valence-corrected chi connectivity index (χ4v) is 6.94. The third-order valence-corrected chi connectivity index (χ3v) is 8.67. The fourth-order valence-electron chi connectivity index (χ4n) is 6.30. The molecule has 6 rings (SSSR count). The lowest BCUT2D eigenvalue weighted by atomic mass is 9.98. The number of aromatic nitrogens is 3. The summed E-state index contributed by atoms with van der Waals surface area (Å²) in [7, 11) is 0. The van der Waals surface area contributed by atoms with Gasteiger partial charge in [-0.25, -0.2) is 24.1 Å². The number of benzene rings is 1. The van der Waals surface area contributed by atoms with Crippen LogP contribution in [0.5, 0.6) is 5.88 Å². The largest absolute Gasteiger partial charge is 0.472 e. The summed E-state index contributed by atoms with van der Waals surface area (Å²) in [5.41, 5.74) is -3.19. The molecule has 0 aliphatic carbocycles. The first kappa shape index (κ1) is 29.0. The number of carbonyl (C=O) groups is 1. The van der Waals surface area contributed by atoms with Crippen molar-refractivity contribution < 1.29 is 31.8 Å². The minimum absolute atomic E-state index is 0.0845. The normalized spacial score (nSPS) is 23.5. The number of ether oxygens (including phenoxy) is 2. The molecule has 8 nitrogen and oxygen atoms in total. The van der Waals surface area contributed by atoms with Gasteiger partial charge in [0.2, 0.25) is 5.88 Å². The molecule has 14 heteroatoms. The van der Waals surface area contributed by atoms with Crippen molar-refractivity contribution in [3.63, 3.8) is 0 Å². The lowest BCUT2D eigenvalue weighted by molar-refractivity contribution is -0.137. The second-order valence-corrected chi connectivity index (χ2v) is 12.8. The number of hydrogen-bond acceptors (Lipinski definition) is 8. The Balaban J connectivity index is 1.54. The molecule has 2 fully saturated rings. The Hall–Kier alpha value is -3.06. The predicted octanol–water partition coefficient (Wildman–Crippen LogP) is 6.96. The van der Waals surface area contributed by atoms with E-state index in [1.807, 2.05) is 4.90 Å². The van der Waals surface area contributed by atoms with E-state index in [1.165, 1.54) is 17.8 Å². The van der Waals surface area contributed by atoms with Crippen molar-refractivity contribution in [1.29, 1.82) is 0 Å². The second-order valence-electron chi connectivity index (χ2n) is 11.6. The van der Waals surface area contributed by atoms with E-state index < -0.39 is 57.7 Å². The average molecular weight is 626 g/mol. The van der Waals surface area contributed by atoms with Gasteiger partial charge in [0, 0.05) is 12.1 Å². The molecule has 0 unspecified atom stereocenters. The van der Waals surface area contributed by atoms with Crippen LogP contribution in [0.1, 0.15) is 46.1 Å². The van der Waals surface area contributed by atoms with Crippen LogP contribution in [0.15, 0.2) is 23.4 Å². The molecule has 4 atom stereocenters. The fraction of sp³-hybridized carbons (Fsp3) is 0.500. The maximum absolute atomic E-state index is 16.3. The number of pyridine rings is 1. The van der Waals surface area contributed by atoms with Gasteiger partial charge in [-0.05, 0) is 52.9 Å². The number of carbonyl (C=O) groups excluding carboxylic acids is 1. The highest BCUT2D eigenvalue weighted by molar-refractivity contribution is 7.98. The molecule has 5 heterocycles. The van der Waals surface area contributed by atoms with Crippen molar-refractivity contribution >= 4 is 46.2 Å². The van der Waals surface area contributed by atoms with Gasteiger partial charge in [-0.2, -0.15) is 13.2 Å². The van der Waals surface area contributed by atoms with Crippen molar-refractivity contribution in [3.05, 3.63) is 34.6 Å². The first-order valence-electron chi connectivity index (χ1n) is 13.5. The van der Waals surface area contributed by atoms with Crippen LogP contribution in [0, 0.1) is 5.82 Å². The summed E-state index contributed by atoms with van der Waals surface area (Å²) in [5.74, 6) is -0.751. The van der Waals surface area contributed by atoms with Crippen LogP contribution in [0.3, 0.4) is 0 Å². The van der Waals surface area contributed by atoms with Gasteiger partial charge in [-0.3, -0.25) is 4.90 Å². The minimum Gasteiger partial charge on any atom is -0.472 e. The Bertz CT molecular complexity index is 1600. The maximum atomic E-state index is 16.3. The lowest BCUT2D eigenvalue weighted by Crippen LogP contribution is -2.65. The molecule has 1 aromatic carbocycles. The number of amides is 1. The Morgan fingerprint density at radius 1 is 1.17 bits per heavy atom. The standard InChI is InChI=1S/C28H28ClF4N5O3S/c1-12-22-16-10-9-13(38(16)26(39)41-27(2,3)4)11-37(22)23-17-21(35-25(36-23)42-5)19(30)20(34-24(17)40-12)14-7-6-8-15(29)18(14)28(31,32)33/h6-8,12-13,16,22H,9-11H2,1-5H3/t12-,13+,16-,22+/m0/s1. The van der Waals surface area contributed by atoms with Crippen LogP contribution < -0.4 is 9.64 Å². The summed E-state index contributed by atoms with van der Waals surface area (Å²) < 4.78 is 70.6. The number of fused-ring (bicyclic) bond motifs is 5. The zero-order valence-electron chi connectivity index (χ0n) is 23.4. The first-order valence-corrected chi connectivity index (χ1v) is 15.1. The quantitative estimate of drug-likeness (QED) is 0.172. The topological polar surface area (TPSA) is 80.7 Å². The molecule has 2 aromatic heterocycles. The molecule has 0 N–H and O–H groups in total. The number of hydrogen-bond donors (Lipinski definition) is 0. The summed E-state index contributed by atoms with van der Waals surface area (Å²) in [6.45, 7) is 7.60. The molecular weight excluding hydrogens is 598 g/mol. The van der Waals surface area contributed by atoms with Crippen LogP contribution >= 0.6 is 23.4 Å². The predicted molar refractivity (Wildman–Crippen MR) is 151 cm³/mol. The highest BCUT2D eigenvalue weighted by Crippen LogP contribution is 2.48. The number of piperazine rings is 1. The number of nitrogens with zero attached hydrogens (tertiary/aromatic N) is 5. The minimum atomic E-state index is -4.87. The highest BCUT2D eigenvalue weighted by atomic mass is 35.5. The van der Waals surface area contributed by atoms with Crippen molar-refractivity contribution in [2.24, 2.45) is 0 Å². The number of halogens is 5. The van der Waals surface area contributed by atoms with Crippen molar-refractivity contribution in [3.8, 4) is 17.1 Å². The van der Waals surface area contributed by atoms with Gasteiger partial charge < -0.3 is 14.4 Å². The summed E-state index contributed by atoms with van der Waals surface area (Å²) in [6.07, 6.45) is -2.75. The van der Waals surface area contributed by atoms with Gasteiger partial charge in [-0.1, -0.05) is 35.5 Å². The molecule has 1 amide bonds. The SMILES string of the molecule is CSc1nc2c3c(nc(-c4cccc(Cl)c4C(F)(F)F)c(F)c3n1)O[C@@H](C)[C@@H]1[C@@H]3CC[C@H](CN21)N3C(=O)OC(C)(C)C. The van der Waals surface area contributed by atoms with Crippen LogP contribution in [0.25, 0.3) is 22.2 Å². The van der Waals surface area contributed by atoms with E-state index in [4.69, 9.17) is 26.1 Å². The van der Waals surface area contributed by atoms with Crippen molar-refractivity contribution in [2.45, 2.75) is 81.7 Å². The number of anilines is 1. The summed E-state index contributed by atoms with van der Waals surface area (Å²) in [4.78, 5) is 30.5. The second kappa shape index (κ2) is 10.0. The molecule has 42 heavy (non-hydrogen) atoms. The smallest absolute Gasteiger partial charge is 0.418 e. The molecule has 224 valence electrons. The van der Waals surface area contributed by atoms with Gasteiger partial charge in [0.15, 0.2) is 11.0 Å². The summed E-state index contributed by atoms with van der Waals surface area (Å²) in [6, 6.07) is 2.62. The zero-order chi connectivity index (χ0) is 30.3. The van der Waals surface area contributed by atoms with E-state index in [1.54, 1.807) is 38.9 Å². The molecule has 3 aromatic rings. The average Bonchev–Trinajstić information content (AvgIpc) is 3.14. The molecule has 2 bridgehead atoms. The summed E-state index contributed by atoms with van der Waals surface area (Å²) >= 11 is 7.14. The Morgan fingerprint density at radius 2 is 1.90 bits per heavy atom. The van der Waals surface area contributed by atoms with E-state index in [9.17, 15) is 18.0 Å². The van der Waals surface area contributed by atoms with Gasteiger partial charge in [0.25, 0.3) is 0 Å². The summed E-state index contributed by atoms with van der Waals surface area (Å²) in [5, 5.41) is -0.175. The first-order chi connectivity index (χ1) is 19.7. The van der Waals surface area contributed by atoms with E-state index in [0.29, 0.717) is 18.8 Å². The molecular formula is C28H28ClF4N5O3S. The zero-order valence-corrected chi connectivity index (χ0v) is 25.0. The molecule has 2 saturated heterocycles. The third-order valence-electron chi connectivity index (χ3n) is 7.81. The molecule has 3 aliphatic heterocycles. The molecule has 3 aliphatic rings. The highest BCUT2D eigenvalue weighted by Gasteiger charge is 2.54. The van der Waals surface area contributed by atoms with Crippen molar-refractivity contribution in [2.75, 3.05) is 17.7 Å². The van der Waals surface area contributed by atoms with Gasteiger partial charge in [-0.15, -0.1) is 0 Å². The molecule has 0 spiro atoms. The van der Waals surface area contributed by atoms with Crippen LogP contribution in [0.4, 0.5) is 28.2 Å². The number of rotatable bonds is 2. The van der Waals surface area contributed by atoms with Crippen LogP contribution in [-0.4, -0.2) is 68.6 Å².